The first-order valence-corrected chi connectivity index (χ1v) is 5.77. The second kappa shape index (κ2) is 3.96. The molecule has 1 N–H and O–H groups in total. The quantitative estimate of drug-likeness (QED) is 0.812. The van der Waals surface area contributed by atoms with Crippen LogP contribution < -0.4 is 5.32 Å². The fourth-order valence-corrected chi connectivity index (χ4v) is 2.28. The first-order chi connectivity index (χ1) is 8.25. The van der Waals surface area contributed by atoms with Gasteiger partial charge >= 0.3 is 0 Å². The fourth-order valence-electron chi connectivity index (χ4n) is 2.28. The highest BCUT2D eigenvalue weighted by Gasteiger charge is 2.18. The van der Waals surface area contributed by atoms with Gasteiger partial charge in [0.15, 0.2) is 0 Å². The average molecular weight is 231 g/mol. The molecule has 0 aliphatic carbocycles. The van der Waals surface area contributed by atoms with Crippen LogP contribution in [0.15, 0.2) is 24.3 Å². The van der Waals surface area contributed by atoms with E-state index in [2.05, 4.69) is 14.9 Å². The van der Waals surface area contributed by atoms with Crippen LogP contribution in [-0.4, -0.2) is 16.1 Å². The van der Waals surface area contributed by atoms with Gasteiger partial charge in [0.05, 0.1) is 11.4 Å². The summed E-state index contributed by atoms with van der Waals surface area (Å²) in [5.41, 5.74) is 3.35. The first kappa shape index (κ1) is 10.5. The lowest BCUT2D eigenvalue weighted by Gasteiger charge is -2.13. The number of nitrogens with one attached hydrogen (secondary N) is 1. The Bertz CT molecular complexity index is 543. The molecule has 1 aliphatic rings. The zero-order chi connectivity index (χ0) is 11.8. The number of rotatable bonds is 1. The second-order valence-corrected chi connectivity index (χ2v) is 4.32. The minimum Gasteiger partial charge on any atom is -0.330 e. The maximum Gasteiger partial charge on any atom is 0.140 e. The van der Waals surface area contributed by atoms with Crippen molar-refractivity contribution in [2.75, 3.05) is 6.54 Å². The molecule has 0 bridgehead atoms. The molecule has 0 amide bonds. The zero-order valence-corrected chi connectivity index (χ0v) is 9.70. The van der Waals surface area contributed by atoms with Gasteiger partial charge in [-0.2, -0.15) is 0 Å². The second-order valence-electron chi connectivity index (χ2n) is 4.32. The minimum absolute atomic E-state index is 0.214. The Morgan fingerprint density at radius 3 is 2.76 bits per heavy atom. The predicted molar refractivity (Wildman–Crippen MR) is 64.0 cm³/mol. The van der Waals surface area contributed by atoms with Crippen LogP contribution in [0.25, 0.3) is 11.4 Å². The van der Waals surface area contributed by atoms with E-state index >= 15 is 0 Å². The van der Waals surface area contributed by atoms with Crippen LogP contribution in [0.4, 0.5) is 4.39 Å². The molecule has 0 saturated carbocycles. The van der Waals surface area contributed by atoms with Crippen molar-refractivity contribution in [1.29, 1.82) is 0 Å². The number of aromatic nitrogens is 2. The largest absolute Gasteiger partial charge is 0.330 e. The predicted octanol–water partition coefficient (Wildman–Crippen LogP) is 1.87. The number of imidazole rings is 1. The van der Waals surface area contributed by atoms with Crippen LogP contribution in [0.2, 0.25) is 0 Å². The van der Waals surface area contributed by atoms with Gasteiger partial charge in [-0.05, 0) is 24.3 Å². The monoisotopic (exact) mass is 231 g/mol. The highest BCUT2D eigenvalue weighted by molar-refractivity contribution is 5.57. The number of benzene rings is 1. The summed E-state index contributed by atoms with van der Waals surface area (Å²) in [5, 5.41) is 3.33. The summed E-state index contributed by atoms with van der Waals surface area (Å²) in [6.07, 6.45) is 0.963. The molecule has 3 nitrogen and oxygen atoms in total. The average Bonchev–Trinajstić information content (AvgIpc) is 2.69. The van der Waals surface area contributed by atoms with Crippen molar-refractivity contribution in [3.05, 3.63) is 41.5 Å². The van der Waals surface area contributed by atoms with Gasteiger partial charge in [0.1, 0.15) is 11.6 Å². The van der Waals surface area contributed by atoms with Gasteiger partial charge in [0, 0.05) is 32.1 Å². The van der Waals surface area contributed by atoms with Crippen LogP contribution >= 0.6 is 0 Å². The Hall–Kier alpha value is -1.68. The molecule has 0 saturated heterocycles. The van der Waals surface area contributed by atoms with Crippen LogP contribution in [0, 0.1) is 5.82 Å². The molecule has 3 rings (SSSR count). The van der Waals surface area contributed by atoms with Crippen LogP contribution in [0.5, 0.6) is 0 Å². The summed E-state index contributed by atoms with van der Waals surface area (Å²) in [6, 6.07) is 6.50. The Morgan fingerprint density at radius 1 is 1.29 bits per heavy atom. The Labute approximate surface area is 99.3 Å². The maximum absolute atomic E-state index is 12.9. The summed E-state index contributed by atoms with van der Waals surface area (Å²) in [6.45, 7) is 1.84. The van der Waals surface area contributed by atoms with E-state index < -0.39 is 0 Å². The molecule has 0 unspecified atom stereocenters. The van der Waals surface area contributed by atoms with Gasteiger partial charge in [-0.25, -0.2) is 9.37 Å². The van der Waals surface area contributed by atoms with Gasteiger partial charge in [0.2, 0.25) is 0 Å². The zero-order valence-electron chi connectivity index (χ0n) is 9.70. The molecule has 17 heavy (non-hydrogen) atoms. The van der Waals surface area contributed by atoms with E-state index in [1.54, 1.807) is 12.1 Å². The number of halogens is 1. The van der Waals surface area contributed by atoms with Gasteiger partial charge in [-0.1, -0.05) is 0 Å². The first-order valence-electron chi connectivity index (χ1n) is 5.77. The van der Waals surface area contributed by atoms with Gasteiger partial charge in [0.25, 0.3) is 0 Å². The van der Waals surface area contributed by atoms with Gasteiger partial charge in [-0.3, -0.25) is 0 Å². The SMILES string of the molecule is Cn1c(-c2ccc(F)cc2)nc2c1CNCC2. The van der Waals surface area contributed by atoms with Crippen molar-refractivity contribution in [1.82, 2.24) is 14.9 Å². The van der Waals surface area contributed by atoms with E-state index in [-0.39, 0.29) is 5.82 Å². The lowest BCUT2D eigenvalue weighted by molar-refractivity contribution is 0.607. The molecule has 0 atom stereocenters. The third-order valence-electron chi connectivity index (χ3n) is 3.23. The highest BCUT2D eigenvalue weighted by atomic mass is 19.1. The fraction of sp³-hybridized carbons (Fsp3) is 0.308. The summed E-state index contributed by atoms with van der Waals surface area (Å²) >= 11 is 0. The molecule has 88 valence electrons. The molecule has 1 aromatic heterocycles. The van der Waals surface area contributed by atoms with E-state index in [4.69, 9.17) is 0 Å². The molecule has 2 aromatic rings. The summed E-state index contributed by atoms with van der Waals surface area (Å²) in [4.78, 5) is 4.65. The van der Waals surface area contributed by atoms with Crippen LogP contribution in [-0.2, 0) is 20.0 Å². The van der Waals surface area contributed by atoms with Crippen molar-refractivity contribution in [3.8, 4) is 11.4 Å². The van der Waals surface area contributed by atoms with Crippen molar-refractivity contribution in [3.63, 3.8) is 0 Å². The van der Waals surface area contributed by atoms with Crippen LogP contribution in [0.1, 0.15) is 11.4 Å². The molecular formula is C13H14FN3. The minimum atomic E-state index is -0.214. The molecule has 1 aliphatic heterocycles. The van der Waals surface area contributed by atoms with Crippen molar-refractivity contribution in [2.45, 2.75) is 13.0 Å². The lowest BCUT2D eigenvalue weighted by Crippen LogP contribution is -2.24. The molecule has 0 spiro atoms. The third kappa shape index (κ3) is 1.74. The molecule has 0 radical (unpaired) electrons. The van der Waals surface area contributed by atoms with Crippen molar-refractivity contribution >= 4 is 0 Å². The summed E-state index contributed by atoms with van der Waals surface area (Å²) in [7, 11) is 2.01. The molecule has 1 aromatic carbocycles. The maximum atomic E-state index is 12.9. The van der Waals surface area contributed by atoms with Crippen molar-refractivity contribution < 1.29 is 4.39 Å². The smallest absolute Gasteiger partial charge is 0.140 e. The van der Waals surface area contributed by atoms with Gasteiger partial charge < -0.3 is 9.88 Å². The Kier molecular flexibility index (Phi) is 2.44. The Morgan fingerprint density at radius 2 is 2.06 bits per heavy atom. The number of fused-ring (bicyclic) bond motifs is 1. The third-order valence-corrected chi connectivity index (χ3v) is 3.23. The van der Waals surface area contributed by atoms with E-state index in [1.165, 1.54) is 17.8 Å². The number of hydrogen-bond donors (Lipinski definition) is 1. The Balaban J connectivity index is 2.09. The lowest BCUT2D eigenvalue weighted by atomic mass is 10.2. The van der Waals surface area contributed by atoms with E-state index in [9.17, 15) is 4.39 Å². The summed E-state index contributed by atoms with van der Waals surface area (Å²) in [5.74, 6) is 0.702. The van der Waals surface area contributed by atoms with Crippen molar-refractivity contribution in [2.24, 2.45) is 7.05 Å². The van der Waals surface area contributed by atoms with E-state index in [0.717, 1.165) is 36.6 Å². The molecule has 2 heterocycles. The topological polar surface area (TPSA) is 29.9 Å². The number of hydrogen-bond acceptors (Lipinski definition) is 2. The number of nitrogens with zero attached hydrogens (tertiary/aromatic N) is 2. The summed E-state index contributed by atoms with van der Waals surface area (Å²) < 4.78 is 15.0. The van der Waals surface area contributed by atoms with Crippen LogP contribution in [0.3, 0.4) is 0 Å². The van der Waals surface area contributed by atoms with Gasteiger partial charge in [-0.15, -0.1) is 0 Å². The van der Waals surface area contributed by atoms with E-state index in [1.807, 2.05) is 7.05 Å². The normalized spacial score (nSPS) is 14.7. The van der Waals surface area contributed by atoms with E-state index in [0.29, 0.717) is 0 Å². The molecule has 0 fully saturated rings. The molecular weight excluding hydrogens is 217 g/mol. The standard InChI is InChI=1S/C13H14FN3/c1-17-12-8-15-7-6-11(12)16-13(17)9-2-4-10(14)5-3-9/h2-5,15H,6-8H2,1H3. The highest BCUT2D eigenvalue weighted by Crippen LogP contribution is 2.23. The molecule has 4 heteroatoms.